The molecule has 7 nitrogen and oxygen atoms in total. The van der Waals surface area contributed by atoms with Crippen LogP contribution in [0.3, 0.4) is 0 Å². The van der Waals surface area contributed by atoms with Crippen LogP contribution >= 0.6 is 0 Å². The van der Waals surface area contributed by atoms with Crippen molar-refractivity contribution in [2.45, 2.75) is 13.8 Å². The van der Waals surface area contributed by atoms with E-state index in [9.17, 15) is 13.2 Å². The van der Waals surface area contributed by atoms with E-state index in [4.69, 9.17) is 5.14 Å². The molecule has 0 aromatic heterocycles. The molecule has 0 aliphatic carbocycles. The third kappa shape index (κ3) is 4.51. The topological polar surface area (TPSA) is 95.7 Å². The molecule has 1 aromatic carbocycles. The summed E-state index contributed by atoms with van der Waals surface area (Å²) >= 11 is 0. The lowest BCUT2D eigenvalue weighted by Gasteiger charge is -2.32. The number of hydrogen-bond acceptors (Lipinski definition) is 4. The zero-order valence-corrected chi connectivity index (χ0v) is 13.7. The number of hydrogen-bond donors (Lipinski definition) is 2. The van der Waals surface area contributed by atoms with Crippen molar-refractivity contribution in [1.29, 1.82) is 0 Å². The minimum absolute atomic E-state index is 0.0993. The van der Waals surface area contributed by atoms with E-state index in [0.717, 1.165) is 16.8 Å². The monoisotopic (exact) mass is 326 g/mol. The van der Waals surface area contributed by atoms with Gasteiger partial charge in [0, 0.05) is 31.9 Å². The quantitative estimate of drug-likeness (QED) is 0.818. The van der Waals surface area contributed by atoms with Crippen LogP contribution in [0.25, 0.3) is 0 Å². The van der Waals surface area contributed by atoms with Crippen molar-refractivity contribution in [3.05, 3.63) is 29.3 Å². The van der Waals surface area contributed by atoms with Crippen LogP contribution in [0.5, 0.6) is 0 Å². The van der Waals surface area contributed by atoms with E-state index in [1.165, 1.54) is 4.31 Å². The highest BCUT2D eigenvalue weighted by Crippen LogP contribution is 2.16. The molecule has 8 heteroatoms. The number of piperazine rings is 1. The minimum atomic E-state index is -3.63. The normalized spacial score (nSPS) is 17.4. The van der Waals surface area contributed by atoms with E-state index < -0.39 is 10.2 Å². The maximum Gasteiger partial charge on any atom is 0.276 e. The van der Waals surface area contributed by atoms with Crippen molar-refractivity contribution in [2.24, 2.45) is 5.14 Å². The van der Waals surface area contributed by atoms with Crippen LogP contribution in [0.4, 0.5) is 5.69 Å². The molecule has 122 valence electrons. The molecule has 0 unspecified atom stereocenters. The zero-order valence-electron chi connectivity index (χ0n) is 12.9. The summed E-state index contributed by atoms with van der Waals surface area (Å²) in [5.74, 6) is -0.0993. The Kier molecular flexibility index (Phi) is 5.17. The molecule has 1 amide bonds. The maximum atomic E-state index is 12.1. The van der Waals surface area contributed by atoms with Crippen molar-refractivity contribution >= 4 is 21.8 Å². The molecular weight excluding hydrogens is 304 g/mol. The first-order chi connectivity index (χ1) is 10.3. The van der Waals surface area contributed by atoms with E-state index in [1.54, 1.807) is 0 Å². The van der Waals surface area contributed by atoms with Crippen molar-refractivity contribution in [2.75, 3.05) is 38.0 Å². The largest absolute Gasteiger partial charge is 0.325 e. The summed E-state index contributed by atoms with van der Waals surface area (Å²) in [7, 11) is -3.63. The fourth-order valence-electron chi connectivity index (χ4n) is 2.41. The molecule has 0 atom stereocenters. The molecule has 1 heterocycles. The van der Waals surface area contributed by atoms with Gasteiger partial charge in [-0.1, -0.05) is 12.1 Å². The summed E-state index contributed by atoms with van der Waals surface area (Å²) in [5, 5.41) is 7.99. The van der Waals surface area contributed by atoms with Gasteiger partial charge in [-0.3, -0.25) is 9.69 Å². The molecule has 3 N–H and O–H groups in total. The van der Waals surface area contributed by atoms with Gasteiger partial charge < -0.3 is 5.32 Å². The van der Waals surface area contributed by atoms with Crippen LogP contribution in [0.2, 0.25) is 0 Å². The molecule has 22 heavy (non-hydrogen) atoms. The van der Waals surface area contributed by atoms with Gasteiger partial charge in [0.25, 0.3) is 10.2 Å². The van der Waals surface area contributed by atoms with Crippen LogP contribution in [-0.4, -0.2) is 56.3 Å². The molecule has 1 saturated heterocycles. The number of nitrogens with two attached hydrogens (primary N) is 1. The molecule has 1 aromatic rings. The number of nitrogens with one attached hydrogen (secondary N) is 1. The standard InChI is InChI=1S/C14H22N4O3S/c1-11-3-4-12(2)13(9-11)16-14(19)10-17-5-7-18(8-6-17)22(15,20)21/h3-4,9H,5-8,10H2,1-2H3,(H,16,19)(H2,15,20,21). The first-order valence-corrected chi connectivity index (χ1v) is 8.63. The Morgan fingerprint density at radius 3 is 2.45 bits per heavy atom. The highest BCUT2D eigenvalue weighted by molar-refractivity contribution is 7.86. The SMILES string of the molecule is Cc1ccc(C)c(NC(=O)CN2CCN(S(N)(=O)=O)CC2)c1. The number of amides is 1. The van der Waals surface area contributed by atoms with E-state index in [-0.39, 0.29) is 12.5 Å². The van der Waals surface area contributed by atoms with Gasteiger partial charge in [-0.15, -0.1) is 0 Å². The predicted octanol–water partition coefficient (Wildman–Crippen LogP) is 0.0630. The summed E-state index contributed by atoms with van der Waals surface area (Å²) in [4.78, 5) is 14.0. The van der Waals surface area contributed by atoms with E-state index >= 15 is 0 Å². The average molecular weight is 326 g/mol. The molecule has 1 aliphatic rings. The number of aryl methyl sites for hydroxylation is 2. The molecule has 1 aliphatic heterocycles. The summed E-state index contributed by atoms with van der Waals surface area (Å²) in [6.45, 7) is 5.78. The predicted molar refractivity (Wildman–Crippen MR) is 85.7 cm³/mol. The maximum absolute atomic E-state index is 12.1. The second-order valence-corrected chi connectivity index (χ2v) is 7.13. The Morgan fingerprint density at radius 1 is 1.23 bits per heavy atom. The summed E-state index contributed by atoms with van der Waals surface area (Å²) in [6, 6.07) is 5.90. The Hall–Kier alpha value is -1.48. The fraction of sp³-hybridized carbons (Fsp3) is 0.500. The number of rotatable bonds is 4. The Labute approximate surface area is 131 Å². The van der Waals surface area contributed by atoms with Crippen LogP contribution in [0.1, 0.15) is 11.1 Å². The highest BCUT2D eigenvalue weighted by atomic mass is 32.2. The van der Waals surface area contributed by atoms with Crippen LogP contribution in [0.15, 0.2) is 18.2 Å². The first kappa shape index (κ1) is 16.9. The zero-order chi connectivity index (χ0) is 16.3. The van der Waals surface area contributed by atoms with Crippen molar-refractivity contribution in [1.82, 2.24) is 9.21 Å². The van der Waals surface area contributed by atoms with Gasteiger partial charge in [-0.2, -0.15) is 12.7 Å². The van der Waals surface area contributed by atoms with Gasteiger partial charge >= 0.3 is 0 Å². The third-order valence-electron chi connectivity index (χ3n) is 3.73. The van der Waals surface area contributed by atoms with Crippen molar-refractivity contribution in [3.8, 4) is 0 Å². The molecule has 2 rings (SSSR count). The van der Waals surface area contributed by atoms with Gasteiger partial charge in [0.15, 0.2) is 0 Å². The van der Waals surface area contributed by atoms with Crippen LogP contribution < -0.4 is 10.5 Å². The highest BCUT2D eigenvalue weighted by Gasteiger charge is 2.24. The smallest absolute Gasteiger partial charge is 0.276 e. The molecule has 0 radical (unpaired) electrons. The lowest BCUT2D eigenvalue weighted by atomic mass is 10.1. The van der Waals surface area contributed by atoms with E-state index in [2.05, 4.69) is 5.32 Å². The molecule has 0 saturated carbocycles. The number of benzene rings is 1. The van der Waals surface area contributed by atoms with Gasteiger partial charge in [-0.05, 0) is 31.0 Å². The average Bonchev–Trinajstić information content (AvgIpc) is 2.42. The van der Waals surface area contributed by atoms with E-state index in [0.29, 0.717) is 26.2 Å². The summed E-state index contributed by atoms with van der Waals surface area (Å²) in [6.07, 6.45) is 0. The van der Waals surface area contributed by atoms with Gasteiger partial charge in [0.2, 0.25) is 5.91 Å². The van der Waals surface area contributed by atoms with Crippen LogP contribution in [-0.2, 0) is 15.0 Å². The first-order valence-electron chi connectivity index (χ1n) is 7.13. The number of carbonyl (C=O) groups is 1. The van der Waals surface area contributed by atoms with Gasteiger partial charge in [0.05, 0.1) is 6.54 Å². The Bertz CT molecular complexity index is 652. The minimum Gasteiger partial charge on any atom is -0.325 e. The fourth-order valence-corrected chi connectivity index (χ4v) is 3.08. The summed E-state index contributed by atoms with van der Waals surface area (Å²) < 4.78 is 23.7. The Morgan fingerprint density at radius 2 is 1.86 bits per heavy atom. The second-order valence-electron chi connectivity index (χ2n) is 5.59. The van der Waals surface area contributed by atoms with Gasteiger partial charge in [0.1, 0.15) is 0 Å². The molecular formula is C14H22N4O3S. The Balaban J connectivity index is 1.87. The molecule has 0 spiro atoms. The third-order valence-corrected chi connectivity index (χ3v) is 4.81. The lowest BCUT2D eigenvalue weighted by Crippen LogP contribution is -2.52. The number of carbonyl (C=O) groups excluding carboxylic acids is 1. The number of anilines is 1. The summed E-state index contributed by atoms with van der Waals surface area (Å²) in [5.41, 5.74) is 2.91. The number of nitrogens with zero attached hydrogens (tertiary/aromatic N) is 2. The van der Waals surface area contributed by atoms with Gasteiger partial charge in [-0.25, -0.2) is 5.14 Å². The van der Waals surface area contributed by atoms with E-state index in [1.807, 2.05) is 36.9 Å². The molecule has 1 fully saturated rings. The second kappa shape index (κ2) is 6.74. The molecule has 0 bridgehead atoms. The van der Waals surface area contributed by atoms with Crippen LogP contribution in [0, 0.1) is 13.8 Å². The van der Waals surface area contributed by atoms with Crippen molar-refractivity contribution in [3.63, 3.8) is 0 Å². The lowest BCUT2D eigenvalue weighted by molar-refractivity contribution is -0.117. The van der Waals surface area contributed by atoms with Crippen molar-refractivity contribution < 1.29 is 13.2 Å².